The number of nitrogens with one attached hydrogen (secondary N) is 1. The lowest BCUT2D eigenvalue weighted by atomic mass is 9.85. The molecule has 0 saturated carbocycles. The van der Waals surface area contributed by atoms with E-state index in [1.165, 1.54) is 0 Å². The number of aromatic amines is 1. The van der Waals surface area contributed by atoms with Crippen molar-refractivity contribution in [1.82, 2.24) is 10.2 Å². The smallest absolute Gasteiger partial charge is 0.119 e. The van der Waals surface area contributed by atoms with E-state index in [2.05, 4.69) is 31.0 Å². The summed E-state index contributed by atoms with van der Waals surface area (Å²) in [7, 11) is 0. The zero-order valence-corrected chi connectivity index (χ0v) is 9.78. The van der Waals surface area contributed by atoms with Crippen LogP contribution in [0.3, 0.4) is 0 Å². The molecule has 0 bridgehead atoms. The first kappa shape index (κ1) is 10.7. The standard InChI is InChI=1S/C13H16N2O/c1-13(2,3)10-8-9(4-5-12(10)16)11-6-7-14-15-11/h4-8,16H,1-3H3,(H,14,15). The van der Waals surface area contributed by atoms with Gasteiger partial charge in [0.15, 0.2) is 0 Å². The van der Waals surface area contributed by atoms with Crippen molar-refractivity contribution in [3.05, 3.63) is 36.0 Å². The van der Waals surface area contributed by atoms with Gasteiger partial charge in [-0.2, -0.15) is 5.10 Å². The maximum Gasteiger partial charge on any atom is 0.119 e. The van der Waals surface area contributed by atoms with E-state index >= 15 is 0 Å². The maximum atomic E-state index is 9.84. The highest BCUT2D eigenvalue weighted by atomic mass is 16.3. The third-order valence-corrected chi connectivity index (χ3v) is 2.60. The molecule has 0 aliphatic heterocycles. The van der Waals surface area contributed by atoms with E-state index in [0.29, 0.717) is 5.75 Å². The molecule has 16 heavy (non-hydrogen) atoms. The third-order valence-electron chi connectivity index (χ3n) is 2.60. The van der Waals surface area contributed by atoms with Gasteiger partial charge < -0.3 is 5.11 Å². The first-order chi connectivity index (χ1) is 7.48. The van der Waals surface area contributed by atoms with E-state index in [0.717, 1.165) is 16.8 Å². The Morgan fingerprint density at radius 2 is 1.94 bits per heavy atom. The lowest BCUT2D eigenvalue weighted by molar-refractivity contribution is 0.447. The largest absolute Gasteiger partial charge is 0.508 e. The van der Waals surface area contributed by atoms with Gasteiger partial charge in [0.05, 0.1) is 5.69 Å². The Kier molecular flexibility index (Phi) is 2.46. The van der Waals surface area contributed by atoms with Crippen LogP contribution in [0.2, 0.25) is 0 Å². The number of hydrogen-bond donors (Lipinski definition) is 2. The van der Waals surface area contributed by atoms with Crippen LogP contribution in [0.25, 0.3) is 11.3 Å². The van der Waals surface area contributed by atoms with E-state index in [1.807, 2.05) is 18.2 Å². The number of phenols is 1. The second kappa shape index (κ2) is 3.67. The number of aromatic nitrogens is 2. The second-order valence-corrected chi connectivity index (χ2v) is 4.94. The Labute approximate surface area is 95.1 Å². The molecule has 2 N–H and O–H groups in total. The van der Waals surface area contributed by atoms with Crippen molar-refractivity contribution in [1.29, 1.82) is 0 Å². The van der Waals surface area contributed by atoms with Crippen LogP contribution >= 0.6 is 0 Å². The van der Waals surface area contributed by atoms with E-state index < -0.39 is 0 Å². The average Bonchev–Trinajstić information content (AvgIpc) is 2.69. The molecule has 0 aliphatic carbocycles. The minimum Gasteiger partial charge on any atom is -0.508 e. The Morgan fingerprint density at radius 1 is 1.19 bits per heavy atom. The van der Waals surface area contributed by atoms with Gasteiger partial charge in [-0.3, -0.25) is 5.10 Å². The molecule has 0 aliphatic rings. The summed E-state index contributed by atoms with van der Waals surface area (Å²) in [5.41, 5.74) is 2.78. The number of hydrogen-bond acceptors (Lipinski definition) is 2. The minimum atomic E-state index is -0.0730. The van der Waals surface area contributed by atoms with Crippen LogP contribution in [-0.2, 0) is 5.41 Å². The molecule has 0 fully saturated rings. The summed E-state index contributed by atoms with van der Waals surface area (Å²) in [5, 5.41) is 16.8. The highest BCUT2D eigenvalue weighted by Crippen LogP contribution is 2.33. The molecule has 0 saturated heterocycles. The molecule has 0 amide bonds. The quantitative estimate of drug-likeness (QED) is 0.769. The summed E-state index contributed by atoms with van der Waals surface area (Å²) in [5.74, 6) is 0.340. The van der Waals surface area contributed by atoms with E-state index in [4.69, 9.17) is 0 Å². The molecular weight excluding hydrogens is 200 g/mol. The number of H-pyrrole nitrogens is 1. The predicted molar refractivity (Wildman–Crippen MR) is 64.4 cm³/mol. The first-order valence-electron chi connectivity index (χ1n) is 5.32. The molecule has 0 radical (unpaired) electrons. The van der Waals surface area contributed by atoms with Gasteiger partial charge in [0.25, 0.3) is 0 Å². The second-order valence-electron chi connectivity index (χ2n) is 4.94. The molecule has 2 rings (SSSR count). The van der Waals surface area contributed by atoms with Crippen LogP contribution in [0, 0.1) is 0 Å². The van der Waals surface area contributed by atoms with Crippen molar-refractivity contribution in [3.8, 4) is 17.0 Å². The van der Waals surface area contributed by atoms with Crippen LogP contribution in [0.1, 0.15) is 26.3 Å². The molecule has 0 atom stereocenters. The van der Waals surface area contributed by atoms with Crippen molar-refractivity contribution < 1.29 is 5.11 Å². The maximum absolute atomic E-state index is 9.84. The van der Waals surface area contributed by atoms with Crippen LogP contribution < -0.4 is 0 Å². The Morgan fingerprint density at radius 3 is 2.50 bits per heavy atom. The first-order valence-corrected chi connectivity index (χ1v) is 5.32. The summed E-state index contributed by atoms with van der Waals surface area (Å²) in [4.78, 5) is 0. The van der Waals surface area contributed by atoms with E-state index in [9.17, 15) is 5.11 Å². The highest BCUT2D eigenvalue weighted by molar-refractivity contribution is 5.62. The molecule has 1 aromatic carbocycles. The normalized spacial score (nSPS) is 11.7. The monoisotopic (exact) mass is 216 g/mol. The van der Waals surface area contributed by atoms with Gasteiger partial charge in [0.1, 0.15) is 5.75 Å². The van der Waals surface area contributed by atoms with Gasteiger partial charge in [-0.1, -0.05) is 20.8 Å². The molecule has 3 nitrogen and oxygen atoms in total. The van der Waals surface area contributed by atoms with E-state index in [-0.39, 0.29) is 5.41 Å². The fourth-order valence-electron chi connectivity index (χ4n) is 1.72. The fourth-order valence-corrected chi connectivity index (χ4v) is 1.72. The van der Waals surface area contributed by atoms with Crippen molar-refractivity contribution in [2.24, 2.45) is 0 Å². The van der Waals surface area contributed by atoms with Crippen molar-refractivity contribution in [2.45, 2.75) is 26.2 Å². The Hall–Kier alpha value is -1.77. The Bertz CT molecular complexity index is 481. The lowest BCUT2D eigenvalue weighted by Crippen LogP contribution is -2.11. The number of rotatable bonds is 1. The Balaban J connectivity index is 2.52. The number of aromatic hydroxyl groups is 1. The summed E-state index contributed by atoms with van der Waals surface area (Å²) in [6.45, 7) is 6.24. The number of phenolic OH excluding ortho intramolecular Hbond substituents is 1. The summed E-state index contributed by atoms with van der Waals surface area (Å²) in [6, 6.07) is 7.51. The van der Waals surface area contributed by atoms with Gasteiger partial charge >= 0.3 is 0 Å². The molecule has 1 aromatic heterocycles. The molecule has 0 spiro atoms. The van der Waals surface area contributed by atoms with E-state index in [1.54, 1.807) is 12.3 Å². The van der Waals surface area contributed by atoms with Crippen LogP contribution in [0.15, 0.2) is 30.5 Å². The van der Waals surface area contributed by atoms with Crippen LogP contribution in [-0.4, -0.2) is 15.3 Å². The number of nitrogens with zero attached hydrogens (tertiary/aromatic N) is 1. The predicted octanol–water partition coefficient (Wildman–Crippen LogP) is 3.08. The highest BCUT2D eigenvalue weighted by Gasteiger charge is 2.18. The van der Waals surface area contributed by atoms with Crippen molar-refractivity contribution in [3.63, 3.8) is 0 Å². The van der Waals surface area contributed by atoms with Gasteiger partial charge in [-0.25, -0.2) is 0 Å². The van der Waals surface area contributed by atoms with Crippen molar-refractivity contribution >= 4 is 0 Å². The van der Waals surface area contributed by atoms with Gasteiger partial charge in [-0.05, 0) is 35.2 Å². The molecule has 1 heterocycles. The van der Waals surface area contributed by atoms with Crippen LogP contribution in [0.4, 0.5) is 0 Å². The zero-order valence-electron chi connectivity index (χ0n) is 9.78. The fraction of sp³-hybridized carbons (Fsp3) is 0.308. The summed E-state index contributed by atoms with van der Waals surface area (Å²) in [6.07, 6.45) is 1.79. The topological polar surface area (TPSA) is 48.9 Å². The van der Waals surface area contributed by atoms with Gasteiger partial charge in [-0.15, -0.1) is 0 Å². The van der Waals surface area contributed by atoms with Gasteiger partial charge in [0, 0.05) is 11.8 Å². The number of benzene rings is 1. The average molecular weight is 216 g/mol. The third kappa shape index (κ3) is 1.94. The zero-order chi connectivity index (χ0) is 11.8. The molecule has 2 aromatic rings. The lowest BCUT2D eigenvalue weighted by Gasteiger charge is -2.20. The molecule has 3 heteroatoms. The molecular formula is C13H16N2O. The van der Waals surface area contributed by atoms with Crippen molar-refractivity contribution in [2.75, 3.05) is 0 Å². The van der Waals surface area contributed by atoms with Gasteiger partial charge in [0.2, 0.25) is 0 Å². The SMILES string of the molecule is CC(C)(C)c1cc(-c2cc[nH]n2)ccc1O. The molecule has 84 valence electrons. The summed E-state index contributed by atoms with van der Waals surface area (Å²) >= 11 is 0. The van der Waals surface area contributed by atoms with Crippen LogP contribution in [0.5, 0.6) is 5.75 Å². The summed E-state index contributed by atoms with van der Waals surface area (Å²) < 4.78 is 0. The molecule has 0 unspecified atom stereocenters. The minimum absolute atomic E-state index is 0.0730.